The lowest BCUT2D eigenvalue weighted by molar-refractivity contribution is -0.248. The van der Waals surface area contributed by atoms with E-state index in [1.165, 1.54) is 12.2 Å². The molecule has 0 heterocycles. The maximum absolute atomic E-state index is 12.7. The average molecular weight is 221 g/mol. The number of allylic oxidation sites excluding steroid dienone is 1. The molecule has 0 fully saturated rings. The average Bonchev–Trinajstić information content (AvgIpc) is 2.18. The van der Waals surface area contributed by atoms with Crippen molar-refractivity contribution in [1.82, 2.24) is 0 Å². The minimum absolute atomic E-state index is 0.182. The van der Waals surface area contributed by atoms with Gasteiger partial charge in [-0.1, -0.05) is 17.7 Å². The quantitative estimate of drug-likeness (QED) is 0.792. The zero-order valence-corrected chi connectivity index (χ0v) is 8.47. The first-order valence-electron chi connectivity index (χ1n) is 4.65. The summed E-state index contributed by atoms with van der Waals surface area (Å²) in [6, 6.07) is 0. The van der Waals surface area contributed by atoms with E-state index in [1.54, 1.807) is 0 Å². The number of hydrogen-bond donors (Lipinski definition) is 1. The maximum Gasteiger partial charge on any atom is 0.421 e. The Morgan fingerprint density at radius 2 is 2.20 bits per heavy atom. The molecule has 0 aliphatic heterocycles. The van der Waals surface area contributed by atoms with Crippen LogP contribution in [0, 0.1) is 0 Å². The van der Waals surface area contributed by atoms with Crippen molar-refractivity contribution in [2.24, 2.45) is 5.73 Å². The molecular formula is C10H14F3NO. The lowest BCUT2D eigenvalue weighted by Crippen LogP contribution is -2.45. The molecule has 0 saturated carbocycles. The Hall–Kier alpha value is -0.810. The predicted molar refractivity (Wildman–Crippen MR) is 51.3 cm³/mol. The Morgan fingerprint density at radius 3 is 2.53 bits per heavy atom. The minimum atomic E-state index is -4.39. The van der Waals surface area contributed by atoms with Crippen LogP contribution < -0.4 is 5.73 Å². The summed E-state index contributed by atoms with van der Waals surface area (Å²) < 4.78 is 42.6. The first-order chi connectivity index (χ1) is 6.95. The number of nitrogens with two attached hydrogens (primary N) is 1. The molecule has 1 aliphatic carbocycles. The monoisotopic (exact) mass is 221 g/mol. The highest BCUT2D eigenvalue weighted by Crippen LogP contribution is 2.40. The first-order valence-corrected chi connectivity index (χ1v) is 4.65. The number of hydrogen-bond acceptors (Lipinski definition) is 2. The van der Waals surface area contributed by atoms with E-state index in [0.29, 0.717) is 13.0 Å². The van der Waals surface area contributed by atoms with Gasteiger partial charge in [-0.25, -0.2) is 0 Å². The number of halogens is 3. The lowest BCUT2D eigenvalue weighted by atomic mass is 9.90. The van der Waals surface area contributed by atoms with Crippen LogP contribution in [0.1, 0.15) is 12.8 Å². The molecule has 0 bridgehead atoms. The Morgan fingerprint density at radius 1 is 1.53 bits per heavy atom. The fourth-order valence-corrected chi connectivity index (χ4v) is 1.49. The third-order valence-electron chi connectivity index (χ3n) is 2.51. The van der Waals surface area contributed by atoms with Gasteiger partial charge >= 0.3 is 6.18 Å². The molecule has 0 aromatic heterocycles. The Labute approximate surface area is 86.6 Å². The van der Waals surface area contributed by atoms with Gasteiger partial charge in [0.05, 0.1) is 0 Å². The van der Waals surface area contributed by atoms with Crippen molar-refractivity contribution in [3.63, 3.8) is 0 Å². The second-order valence-corrected chi connectivity index (χ2v) is 3.45. The van der Waals surface area contributed by atoms with E-state index in [1.807, 2.05) is 0 Å². The minimum Gasteiger partial charge on any atom is -0.364 e. The van der Waals surface area contributed by atoms with Crippen LogP contribution in [0.3, 0.4) is 0 Å². The summed E-state index contributed by atoms with van der Waals surface area (Å²) in [7, 11) is 1.07. The fraction of sp³-hybridized carbons (Fsp3) is 0.600. The maximum atomic E-state index is 12.7. The van der Waals surface area contributed by atoms with Crippen molar-refractivity contribution < 1.29 is 17.9 Å². The molecule has 0 amide bonds. The Bertz CT molecular complexity index is 283. The Balaban J connectivity index is 2.81. The van der Waals surface area contributed by atoms with Crippen molar-refractivity contribution in [1.29, 1.82) is 0 Å². The number of ether oxygens (including phenoxy) is 1. The van der Waals surface area contributed by atoms with E-state index in [4.69, 9.17) is 5.73 Å². The van der Waals surface area contributed by atoms with Crippen LogP contribution in [-0.4, -0.2) is 25.4 Å². The highest BCUT2D eigenvalue weighted by molar-refractivity contribution is 5.29. The smallest absolute Gasteiger partial charge is 0.364 e. The number of rotatable bonds is 3. The largest absolute Gasteiger partial charge is 0.421 e. The van der Waals surface area contributed by atoms with E-state index in [2.05, 4.69) is 4.74 Å². The zero-order valence-electron chi connectivity index (χ0n) is 8.47. The molecule has 0 saturated heterocycles. The SMILES string of the molecule is COC1(C(F)(F)F)C=CC(CCN)=CC1. The number of methoxy groups -OCH3 is 1. The molecular weight excluding hydrogens is 207 g/mol. The second kappa shape index (κ2) is 4.37. The van der Waals surface area contributed by atoms with Gasteiger partial charge in [0, 0.05) is 13.5 Å². The lowest BCUT2D eigenvalue weighted by Gasteiger charge is -2.32. The molecule has 5 heteroatoms. The molecule has 1 unspecified atom stereocenters. The van der Waals surface area contributed by atoms with Gasteiger partial charge in [-0.2, -0.15) is 13.2 Å². The van der Waals surface area contributed by atoms with E-state index in [9.17, 15) is 13.2 Å². The summed E-state index contributed by atoms with van der Waals surface area (Å²) in [6.07, 6.45) is 0.0607. The molecule has 2 nitrogen and oxygen atoms in total. The van der Waals surface area contributed by atoms with Crippen molar-refractivity contribution in [2.45, 2.75) is 24.6 Å². The van der Waals surface area contributed by atoms with Crippen molar-refractivity contribution in [3.05, 3.63) is 23.8 Å². The Kier molecular flexibility index (Phi) is 3.57. The summed E-state index contributed by atoms with van der Waals surface area (Å²) in [5, 5.41) is 0. The van der Waals surface area contributed by atoms with Crippen LogP contribution in [0.15, 0.2) is 23.8 Å². The highest BCUT2D eigenvalue weighted by Gasteiger charge is 2.53. The van der Waals surface area contributed by atoms with Crippen LogP contribution in [0.5, 0.6) is 0 Å². The topological polar surface area (TPSA) is 35.2 Å². The summed E-state index contributed by atoms with van der Waals surface area (Å²) in [5.74, 6) is 0. The summed E-state index contributed by atoms with van der Waals surface area (Å²) >= 11 is 0. The van der Waals surface area contributed by atoms with E-state index >= 15 is 0 Å². The van der Waals surface area contributed by atoms with Gasteiger partial charge in [0.1, 0.15) is 0 Å². The molecule has 86 valence electrons. The molecule has 1 atom stereocenters. The van der Waals surface area contributed by atoms with E-state index < -0.39 is 11.8 Å². The molecule has 0 spiro atoms. The van der Waals surface area contributed by atoms with Crippen LogP contribution in [0.25, 0.3) is 0 Å². The zero-order chi connectivity index (χ0) is 11.5. The standard InChI is InChI=1S/C10H14F3NO/c1-15-9(10(11,12)13)5-2-8(3-6-9)4-7-14/h2-3,5H,4,6-7,14H2,1H3. The van der Waals surface area contributed by atoms with Crippen LogP contribution in [0.2, 0.25) is 0 Å². The fourth-order valence-electron chi connectivity index (χ4n) is 1.49. The predicted octanol–water partition coefficient (Wildman–Crippen LogP) is 2.17. The summed E-state index contributed by atoms with van der Waals surface area (Å²) in [5.41, 5.74) is 3.98. The molecule has 0 radical (unpaired) electrons. The summed E-state index contributed by atoms with van der Waals surface area (Å²) in [6.45, 7) is 0.433. The van der Waals surface area contributed by atoms with Crippen LogP contribution in [-0.2, 0) is 4.74 Å². The molecule has 0 aromatic rings. The van der Waals surface area contributed by atoms with E-state index in [-0.39, 0.29) is 6.42 Å². The summed E-state index contributed by atoms with van der Waals surface area (Å²) in [4.78, 5) is 0. The van der Waals surface area contributed by atoms with Gasteiger partial charge in [-0.15, -0.1) is 0 Å². The van der Waals surface area contributed by atoms with Crippen molar-refractivity contribution in [2.75, 3.05) is 13.7 Å². The van der Waals surface area contributed by atoms with Crippen LogP contribution in [0.4, 0.5) is 13.2 Å². The van der Waals surface area contributed by atoms with Gasteiger partial charge in [-0.3, -0.25) is 0 Å². The molecule has 2 N–H and O–H groups in total. The van der Waals surface area contributed by atoms with Crippen molar-refractivity contribution in [3.8, 4) is 0 Å². The molecule has 1 aliphatic rings. The van der Waals surface area contributed by atoms with Gasteiger partial charge in [0.2, 0.25) is 0 Å². The van der Waals surface area contributed by atoms with Gasteiger partial charge in [0.15, 0.2) is 5.60 Å². The van der Waals surface area contributed by atoms with Gasteiger partial charge in [-0.05, 0) is 19.0 Å². The third kappa shape index (κ3) is 2.41. The van der Waals surface area contributed by atoms with Gasteiger partial charge in [0.25, 0.3) is 0 Å². The number of alkyl halides is 3. The third-order valence-corrected chi connectivity index (χ3v) is 2.51. The first kappa shape index (κ1) is 12.3. The normalized spacial score (nSPS) is 26.6. The van der Waals surface area contributed by atoms with Crippen LogP contribution >= 0.6 is 0 Å². The second-order valence-electron chi connectivity index (χ2n) is 3.45. The highest BCUT2D eigenvalue weighted by atomic mass is 19.4. The molecule has 15 heavy (non-hydrogen) atoms. The molecule has 0 aromatic carbocycles. The van der Waals surface area contributed by atoms with E-state index in [0.717, 1.165) is 18.8 Å². The van der Waals surface area contributed by atoms with Crippen molar-refractivity contribution >= 4 is 0 Å². The molecule has 1 rings (SSSR count). The van der Waals surface area contributed by atoms with Gasteiger partial charge < -0.3 is 10.5 Å².